The van der Waals surface area contributed by atoms with Crippen molar-refractivity contribution in [2.24, 2.45) is 0 Å². The van der Waals surface area contributed by atoms with Crippen LogP contribution in [0, 0.1) is 11.6 Å². The van der Waals surface area contributed by atoms with E-state index in [9.17, 15) is 8.78 Å². The van der Waals surface area contributed by atoms with Crippen LogP contribution in [0.15, 0.2) is 30.6 Å². The Morgan fingerprint density at radius 2 is 1.65 bits per heavy atom. The van der Waals surface area contributed by atoms with Crippen LogP contribution in [-0.4, -0.2) is 9.97 Å². The number of rotatable bonds is 3. The molecule has 0 aliphatic rings. The van der Waals surface area contributed by atoms with Gasteiger partial charge in [-0.15, -0.1) is 11.6 Å². The van der Waals surface area contributed by atoms with E-state index in [1.165, 1.54) is 12.4 Å². The molecule has 0 spiro atoms. The van der Waals surface area contributed by atoms with E-state index in [0.29, 0.717) is 0 Å². The molecule has 0 unspecified atom stereocenters. The average molecular weight is 257 g/mol. The Morgan fingerprint density at radius 1 is 1.06 bits per heavy atom. The maximum absolute atomic E-state index is 12.9. The molecular formula is C11H7ClF2N2O. The van der Waals surface area contributed by atoms with Gasteiger partial charge in [0.2, 0.25) is 0 Å². The summed E-state index contributed by atoms with van der Waals surface area (Å²) in [5.41, 5.74) is 0.726. The van der Waals surface area contributed by atoms with Gasteiger partial charge in [-0.25, -0.2) is 18.7 Å². The number of hydrogen-bond donors (Lipinski definition) is 0. The third-order valence-electron chi connectivity index (χ3n) is 1.88. The quantitative estimate of drug-likeness (QED) is 0.791. The Labute approximate surface area is 101 Å². The summed E-state index contributed by atoms with van der Waals surface area (Å²) < 4.78 is 30.8. The van der Waals surface area contributed by atoms with Crippen LogP contribution >= 0.6 is 11.6 Å². The van der Waals surface area contributed by atoms with Gasteiger partial charge in [0.05, 0.1) is 5.88 Å². The summed E-state index contributed by atoms with van der Waals surface area (Å²) in [6, 6.07) is 2.84. The molecule has 0 saturated heterocycles. The van der Waals surface area contributed by atoms with Crippen molar-refractivity contribution in [3.63, 3.8) is 0 Å². The highest BCUT2D eigenvalue weighted by Gasteiger charge is 2.04. The summed E-state index contributed by atoms with van der Waals surface area (Å²) in [5, 5.41) is 0. The minimum Gasteiger partial charge on any atom is -0.424 e. The van der Waals surface area contributed by atoms with Gasteiger partial charge in [-0.1, -0.05) is 0 Å². The number of aromatic nitrogens is 2. The third-order valence-corrected chi connectivity index (χ3v) is 2.19. The van der Waals surface area contributed by atoms with E-state index in [4.69, 9.17) is 16.3 Å². The molecule has 0 aliphatic carbocycles. The molecule has 0 N–H and O–H groups in total. The molecule has 0 saturated carbocycles. The van der Waals surface area contributed by atoms with Crippen molar-refractivity contribution in [1.82, 2.24) is 9.97 Å². The minimum absolute atomic E-state index is 0.00104. The molecule has 0 atom stereocenters. The van der Waals surface area contributed by atoms with Crippen LogP contribution in [0.2, 0.25) is 0 Å². The predicted octanol–water partition coefficient (Wildman–Crippen LogP) is 3.29. The Bertz CT molecular complexity index is 499. The predicted molar refractivity (Wildman–Crippen MR) is 58.0 cm³/mol. The van der Waals surface area contributed by atoms with Gasteiger partial charge < -0.3 is 4.74 Å². The highest BCUT2D eigenvalue weighted by atomic mass is 35.5. The fraction of sp³-hybridized carbons (Fsp3) is 0.0909. The van der Waals surface area contributed by atoms with E-state index < -0.39 is 11.6 Å². The molecule has 2 aromatic rings. The minimum atomic E-state index is -0.725. The zero-order chi connectivity index (χ0) is 12.3. The van der Waals surface area contributed by atoms with Gasteiger partial charge in [-0.05, 0) is 0 Å². The standard InChI is InChI=1S/C11H7ClF2N2O/c12-4-7-5-15-11(16-6-7)17-10-2-8(13)1-9(14)3-10/h1-3,5-6H,4H2. The number of hydrogen-bond acceptors (Lipinski definition) is 3. The summed E-state index contributed by atoms with van der Waals surface area (Å²) in [7, 11) is 0. The molecule has 1 heterocycles. The zero-order valence-corrected chi connectivity index (χ0v) is 9.29. The average Bonchev–Trinajstić information content (AvgIpc) is 2.28. The summed E-state index contributed by atoms with van der Waals surface area (Å²) in [5.74, 6) is -1.16. The number of ether oxygens (including phenoxy) is 1. The van der Waals surface area contributed by atoms with E-state index in [1.807, 2.05) is 0 Å². The van der Waals surface area contributed by atoms with Gasteiger partial charge in [0, 0.05) is 36.2 Å². The molecule has 1 aromatic carbocycles. The van der Waals surface area contributed by atoms with Crippen molar-refractivity contribution in [3.05, 3.63) is 47.8 Å². The summed E-state index contributed by atoms with van der Waals surface area (Å²) in [4.78, 5) is 7.68. The van der Waals surface area contributed by atoms with Crippen LogP contribution < -0.4 is 4.74 Å². The highest BCUT2D eigenvalue weighted by Crippen LogP contribution is 2.20. The van der Waals surface area contributed by atoms with Crippen molar-refractivity contribution in [1.29, 1.82) is 0 Å². The van der Waals surface area contributed by atoms with E-state index in [-0.39, 0.29) is 17.6 Å². The maximum atomic E-state index is 12.9. The Kier molecular flexibility index (Phi) is 3.49. The molecule has 88 valence electrons. The van der Waals surface area contributed by atoms with Gasteiger partial charge in [-0.3, -0.25) is 0 Å². The lowest BCUT2D eigenvalue weighted by Crippen LogP contribution is -1.94. The number of halogens is 3. The maximum Gasteiger partial charge on any atom is 0.321 e. The van der Waals surface area contributed by atoms with Crippen molar-refractivity contribution >= 4 is 11.6 Å². The lowest BCUT2D eigenvalue weighted by molar-refractivity contribution is 0.432. The Balaban J connectivity index is 2.19. The monoisotopic (exact) mass is 256 g/mol. The molecule has 2 rings (SSSR count). The van der Waals surface area contributed by atoms with E-state index in [1.54, 1.807) is 0 Å². The largest absolute Gasteiger partial charge is 0.424 e. The SMILES string of the molecule is Fc1cc(F)cc(Oc2ncc(CCl)cn2)c1. The normalized spacial score (nSPS) is 10.3. The summed E-state index contributed by atoms with van der Waals surface area (Å²) in [6.07, 6.45) is 2.95. The Hall–Kier alpha value is -1.75. The van der Waals surface area contributed by atoms with Crippen LogP contribution in [0.3, 0.4) is 0 Å². The summed E-state index contributed by atoms with van der Waals surface area (Å²) in [6.45, 7) is 0. The van der Waals surface area contributed by atoms with Crippen molar-refractivity contribution < 1.29 is 13.5 Å². The fourth-order valence-electron chi connectivity index (χ4n) is 1.16. The van der Waals surface area contributed by atoms with Crippen LogP contribution in [0.1, 0.15) is 5.56 Å². The third kappa shape index (κ3) is 3.10. The summed E-state index contributed by atoms with van der Waals surface area (Å²) >= 11 is 5.56. The van der Waals surface area contributed by atoms with E-state index in [2.05, 4.69) is 9.97 Å². The second-order valence-electron chi connectivity index (χ2n) is 3.21. The lowest BCUT2D eigenvalue weighted by Gasteiger charge is -2.04. The molecule has 0 radical (unpaired) electrons. The van der Waals surface area contributed by atoms with Crippen LogP contribution in [-0.2, 0) is 5.88 Å². The molecule has 3 nitrogen and oxygen atoms in total. The molecular weight excluding hydrogens is 250 g/mol. The van der Waals surface area contributed by atoms with Crippen molar-refractivity contribution in [2.75, 3.05) is 0 Å². The first-order valence-electron chi connectivity index (χ1n) is 4.68. The smallest absolute Gasteiger partial charge is 0.321 e. The molecule has 17 heavy (non-hydrogen) atoms. The van der Waals surface area contributed by atoms with E-state index in [0.717, 1.165) is 23.8 Å². The molecule has 0 amide bonds. The number of alkyl halides is 1. The Morgan fingerprint density at radius 3 is 2.18 bits per heavy atom. The van der Waals surface area contributed by atoms with Crippen LogP contribution in [0.4, 0.5) is 8.78 Å². The first-order valence-corrected chi connectivity index (χ1v) is 5.21. The number of nitrogens with zero attached hydrogens (tertiary/aromatic N) is 2. The second kappa shape index (κ2) is 5.05. The topological polar surface area (TPSA) is 35.0 Å². The van der Waals surface area contributed by atoms with Gasteiger partial charge in [0.15, 0.2) is 0 Å². The molecule has 0 aliphatic heterocycles. The van der Waals surface area contributed by atoms with Gasteiger partial charge in [0.1, 0.15) is 17.4 Å². The highest BCUT2D eigenvalue weighted by molar-refractivity contribution is 6.17. The molecule has 6 heteroatoms. The molecule has 0 fully saturated rings. The zero-order valence-electron chi connectivity index (χ0n) is 8.53. The van der Waals surface area contributed by atoms with Crippen molar-refractivity contribution in [3.8, 4) is 11.8 Å². The lowest BCUT2D eigenvalue weighted by atomic mass is 10.3. The van der Waals surface area contributed by atoms with E-state index >= 15 is 0 Å². The van der Waals surface area contributed by atoms with Gasteiger partial charge >= 0.3 is 6.01 Å². The first-order chi connectivity index (χ1) is 8.17. The second-order valence-corrected chi connectivity index (χ2v) is 3.48. The van der Waals surface area contributed by atoms with Gasteiger partial charge in [0.25, 0.3) is 0 Å². The fourth-order valence-corrected chi connectivity index (χ4v) is 1.30. The van der Waals surface area contributed by atoms with Crippen LogP contribution in [0.25, 0.3) is 0 Å². The molecule has 1 aromatic heterocycles. The molecule has 0 bridgehead atoms. The van der Waals surface area contributed by atoms with Crippen LogP contribution in [0.5, 0.6) is 11.8 Å². The first kappa shape index (κ1) is 11.7. The van der Waals surface area contributed by atoms with Crippen molar-refractivity contribution in [2.45, 2.75) is 5.88 Å². The number of benzene rings is 1. The van der Waals surface area contributed by atoms with Gasteiger partial charge in [-0.2, -0.15) is 0 Å².